The van der Waals surface area contributed by atoms with Crippen LogP contribution >= 0.6 is 0 Å². The van der Waals surface area contributed by atoms with Gasteiger partial charge >= 0.3 is 5.97 Å². The van der Waals surface area contributed by atoms with E-state index in [2.05, 4.69) is 18.7 Å². The minimum absolute atomic E-state index is 0.0605. The predicted octanol–water partition coefficient (Wildman–Crippen LogP) is 1.87. The smallest absolute Gasteiger partial charge is 0.335 e. The summed E-state index contributed by atoms with van der Waals surface area (Å²) in [4.78, 5) is 13.1. The Bertz CT molecular complexity index is 444. The molecule has 1 N–H and O–H groups in total. The molecule has 1 aromatic rings. The van der Waals surface area contributed by atoms with Crippen molar-refractivity contribution in [3.63, 3.8) is 0 Å². The first kappa shape index (κ1) is 14.8. The summed E-state index contributed by atoms with van der Waals surface area (Å²) >= 11 is 0. The van der Waals surface area contributed by atoms with Gasteiger partial charge in [-0.25, -0.2) is 4.79 Å². The maximum absolute atomic E-state index is 10.8. The molecule has 1 unspecified atom stereocenters. The highest BCUT2D eigenvalue weighted by Crippen LogP contribution is 2.14. The number of morpholine rings is 1. The van der Waals surface area contributed by atoms with Crippen LogP contribution in [0.2, 0.25) is 0 Å². The fraction of sp³-hybridized carbons (Fsp3) is 0.533. The molecule has 1 heterocycles. The molecule has 1 saturated heterocycles. The lowest BCUT2D eigenvalue weighted by Crippen LogP contribution is -2.47. The topological polar surface area (TPSA) is 59.0 Å². The normalized spacial score (nSPS) is 20.1. The maximum atomic E-state index is 10.8. The summed E-state index contributed by atoms with van der Waals surface area (Å²) in [5.74, 6) is -0.264. The molecule has 1 aliphatic rings. The molecule has 20 heavy (non-hydrogen) atoms. The predicted molar refractivity (Wildman–Crippen MR) is 75.3 cm³/mol. The number of carbonyl (C=O) groups is 1. The van der Waals surface area contributed by atoms with Gasteiger partial charge in [-0.15, -0.1) is 0 Å². The van der Waals surface area contributed by atoms with Gasteiger partial charge in [0.1, 0.15) is 18.5 Å². The van der Waals surface area contributed by atoms with Gasteiger partial charge in [0.05, 0.1) is 12.2 Å². The molecule has 0 spiro atoms. The summed E-state index contributed by atoms with van der Waals surface area (Å²) in [7, 11) is 0. The van der Waals surface area contributed by atoms with Crippen molar-refractivity contribution in [1.82, 2.24) is 4.90 Å². The Morgan fingerprint density at radius 1 is 1.45 bits per heavy atom. The van der Waals surface area contributed by atoms with Crippen LogP contribution in [0.25, 0.3) is 0 Å². The Hall–Kier alpha value is -1.59. The fourth-order valence-electron chi connectivity index (χ4n) is 2.19. The summed E-state index contributed by atoms with van der Waals surface area (Å²) < 4.78 is 11.3. The maximum Gasteiger partial charge on any atom is 0.335 e. The minimum atomic E-state index is -0.931. The summed E-state index contributed by atoms with van der Waals surface area (Å²) in [6.45, 7) is 7.38. The van der Waals surface area contributed by atoms with Gasteiger partial charge < -0.3 is 14.6 Å². The quantitative estimate of drug-likeness (QED) is 0.891. The summed E-state index contributed by atoms with van der Waals surface area (Å²) in [5, 5.41) is 8.82. The lowest BCUT2D eigenvalue weighted by molar-refractivity contribution is -0.0564. The molecule has 0 radical (unpaired) electrons. The Kier molecular flexibility index (Phi) is 4.98. The van der Waals surface area contributed by atoms with Crippen molar-refractivity contribution < 1.29 is 19.4 Å². The monoisotopic (exact) mass is 279 g/mol. The number of hydrogen-bond acceptors (Lipinski definition) is 4. The van der Waals surface area contributed by atoms with E-state index in [1.54, 1.807) is 24.3 Å². The number of aromatic carboxylic acids is 1. The Morgan fingerprint density at radius 3 is 2.75 bits per heavy atom. The molecule has 1 fully saturated rings. The van der Waals surface area contributed by atoms with E-state index in [1.807, 2.05) is 0 Å². The van der Waals surface area contributed by atoms with E-state index >= 15 is 0 Å². The molecule has 0 aliphatic carbocycles. The average molecular weight is 279 g/mol. The van der Waals surface area contributed by atoms with Gasteiger partial charge in [-0.2, -0.15) is 0 Å². The molecule has 1 atom stereocenters. The van der Waals surface area contributed by atoms with Crippen molar-refractivity contribution in [3.05, 3.63) is 29.8 Å². The molecular weight excluding hydrogens is 258 g/mol. The van der Waals surface area contributed by atoms with E-state index < -0.39 is 5.97 Å². The number of ether oxygens (including phenoxy) is 2. The third kappa shape index (κ3) is 3.95. The van der Waals surface area contributed by atoms with E-state index in [0.717, 1.165) is 19.7 Å². The molecule has 0 saturated carbocycles. The van der Waals surface area contributed by atoms with Crippen LogP contribution in [0.3, 0.4) is 0 Å². The van der Waals surface area contributed by atoms with Gasteiger partial charge in [0.15, 0.2) is 0 Å². The largest absolute Gasteiger partial charge is 0.491 e. The number of rotatable bonds is 5. The third-order valence-corrected chi connectivity index (χ3v) is 3.44. The lowest BCUT2D eigenvalue weighted by atomic mass is 10.2. The van der Waals surface area contributed by atoms with Crippen LogP contribution in [0, 0.1) is 0 Å². The van der Waals surface area contributed by atoms with E-state index in [4.69, 9.17) is 14.6 Å². The van der Waals surface area contributed by atoms with E-state index in [1.165, 1.54) is 0 Å². The van der Waals surface area contributed by atoms with Crippen molar-refractivity contribution in [3.8, 4) is 5.75 Å². The first-order chi connectivity index (χ1) is 9.56. The van der Waals surface area contributed by atoms with Crippen LogP contribution < -0.4 is 4.74 Å². The second kappa shape index (κ2) is 6.72. The van der Waals surface area contributed by atoms with Crippen molar-refractivity contribution in [2.24, 2.45) is 0 Å². The molecule has 1 aromatic carbocycles. The minimum Gasteiger partial charge on any atom is -0.491 e. The highest BCUT2D eigenvalue weighted by atomic mass is 16.5. The van der Waals surface area contributed by atoms with Crippen LogP contribution in [0.1, 0.15) is 24.2 Å². The van der Waals surface area contributed by atoms with E-state index in [9.17, 15) is 4.79 Å². The van der Waals surface area contributed by atoms with Gasteiger partial charge in [0, 0.05) is 19.1 Å². The van der Waals surface area contributed by atoms with Crippen molar-refractivity contribution in [1.29, 1.82) is 0 Å². The number of benzene rings is 1. The SMILES string of the molecule is CC(C)N1CCOC(COc2ccc(C(=O)O)cc2)C1. The highest BCUT2D eigenvalue weighted by Gasteiger charge is 2.22. The van der Waals surface area contributed by atoms with E-state index in [0.29, 0.717) is 18.4 Å². The Balaban J connectivity index is 1.84. The van der Waals surface area contributed by atoms with Crippen molar-refractivity contribution >= 4 is 5.97 Å². The molecule has 5 heteroatoms. The lowest BCUT2D eigenvalue weighted by Gasteiger charge is -2.35. The number of carboxylic acid groups (broad SMARTS) is 1. The van der Waals surface area contributed by atoms with Crippen LogP contribution in [0.4, 0.5) is 0 Å². The van der Waals surface area contributed by atoms with Crippen molar-refractivity contribution in [2.45, 2.75) is 26.0 Å². The summed E-state index contributed by atoms with van der Waals surface area (Å²) in [6.07, 6.45) is 0.0605. The van der Waals surface area contributed by atoms with Crippen LogP contribution in [-0.4, -0.2) is 54.4 Å². The van der Waals surface area contributed by atoms with Gasteiger partial charge in [0.25, 0.3) is 0 Å². The van der Waals surface area contributed by atoms with Gasteiger partial charge in [-0.3, -0.25) is 4.90 Å². The van der Waals surface area contributed by atoms with Gasteiger partial charge in [0.2, 0.25) is 0 Å². The number of nitrogens with zero attached hydrogens (tertiary/aromatic N) is 1. The first-order valence-electron chi connectivity index (χ1n) is 6.88. The highest BCUT2D eigenvalue weighted by molar-refractivity contribution is 5.87. The van der Waals surface area contributed by atoms with Gasteiger partial charge in [-0.05, 0) is 38.1 Å². The third-order valence-electron chi connectivity index (χ3n) is 3.44. The zero-order valence-corrected chi connectivity index (χ0v) is 11.9. The molecular formula is C15H21NO4. The second-order valence-electron chi connectivity index (χ2n) is 5.22. The first-order valence-corrected chi connectivity index (χ1v) is 6.88. The zero-order chi connectivity index (χ0) is 14.5. The Labute approximate surface area is 119 Å². The Morgan fingerprint density at radius 2 is 2.15 bits per heavy atom. The summed E-state index contributed by atoms with van der Waals surface area (Å²) in [5.41, 5.74) is 0.261. The molecule has 2 rings (SSSR count). The number of hydrogen-bond donors (Lipinski definition) is 1. The van der Waals surface area contributed by atoms with Crippen molar-refractivity contribution in [2.75, 3.05) is 26.3 Å². The average Bonchev–Trinajstić information content (AvgIpc) is 2.46. The molecule has 1 aliphatic heterocycles. The number of carboxylic acids is 1. The van der Waals surface area contributed by atoms with Crippen LogP contribution in [0.15, 0.2) is 24.3 Å². The van der Waals surface area contributed by atoms with Crippen LogP contribution in [0.5, 0.6) is 5.75 Å². The van der Waals surface area contributed by atoms with Crippen LogP contribution in [-0.2, 0) is 4.74 Å². The zero-order valence-electron chi connectivity index (χ0n) is 11.9. The second-order valence-corrected chi connectivity index (χ2v) is 5.22. The molecule has 110 valence electrons. The standard InChI is InChI=1S/C15H21NO4/c1-11(2)16-7-8-19-14(9-16)10-20-13-5-3-12(4-6-13)15(17)18/h3-6,11,14H,7-10H2,1-2H3,(H,17,18). The molecule has 0 bridgehead atoms. The van der Waals surface area contributed by atoms with Gasteiger partial charge in [-0.1, -0.05) is 0 Å². The molecule has 0 amide bonds. The molecule has 0 aromatic heterocycles. The summed E-state index contributed by atoms with van der Waals surface area (Å²) in [6, 6.07) is 6.94. The molecule has 5 nitrogen and oxygen atoms in total. The van der Waals surface area contributed by atoms with E-state index in [-0.39, 0.29) is 11.7 Å². The fourth-order valence-corrected chi connectivity index (χ4v) is 2.19.